The van der Waals surface area contributed by atoms with Crippen molar-refractivity contribution >= 4 is 23.2 Å². The van der Waals surface area contributed by atoms with Gasteiger partial charge in [-0.25, -0.2) is 0 Å². The molecule has 0 aromatic heterocycles. The van der Waals surface area contributed by atoms with E-state index >= 15 is 0 Å². The predicted octanol–water partition coefficient (Wildman–Crippen LogP) is 2.80. The number of benzene rings is 4. The van der Waals surface area contributed by atoms with Crippen molar-refractivity contribution in [3.8, 4) is 0 Å². The van der Waals surface area contributed by atoms with Crippen LogP contribution >= 0.6 is 7.26 Å². The van der Waals surface area contributed by atoms with Gasteiger partial charge in [0.1, 0.15) is 23.2 Å². The Hall–Kier alpha value is -2.25. The summed E-state index contributed by atoms with van der Waals surface area (Å²) >= 11 is 0. The minimum Gasteiger partial charge on any atom is -1.00 e. The molecule has 0 amide bonds. The smallest absolute Gasteiger partial charge is 0.116 e. The quantitative estimate of drug-likeness (QED) is 0.381. The van der Waals surface area contributed by atoms with Gasteiger partial charge in [0.2, 0.25) is 0 Å². The highest BCUT2D eigenvalue weighted by molar-refractivity contribution is 7.95. The van der Waals surface area contributed by atoms with Crippen LogP contribution in [0.25, 0.3) is 0 Å². The normalized spacial score (nSPS) is 10.4. The average molecular weight is 506 g/mol. The van der Waals surface area contributed by atoms with Gasteiger partial charge >= 0.3 is 0 Å². The second-order valence-electron chi connectivity index (χ2n) is 7.42. The first kappa shape index (κ1) is 26.0. The molecule has 0 saturated carbocycles. The third kappa shape index (κ3) is 6.62. The van der Waals surface area contributed by atoms with Crippen LogP contribution in [0, 0.1) is 0 Å². The summed E-state index contributed by atoms with van der Waals surface area (Å²) in [5.74, 6) is 0. The summed E-state index contributed by atoms with van der Waals surface area (Å²) < 4.78 is 0. The minimum atomic E-state index is -1.78. The van der Waals surface area contributed by atoms with E-state index in [1.54, 1.807) is 0 Å². The van der Waals surface area contributed by atoms with Gasteiger partial charge in [0.05, 0.1) is 6.16 Å². The van der Waals surface area contributed by atoms with Crippen molar-refractivity contribution in [2.75, 3.05) is 13.1 Å². The Morgan fingerprint density at radius 1 is 0.500 bits per heavy atom. The molecule has 0 aliphatic carbocycles. The maximum absolute atomic E-state index is 3.11. The molecule has 0 bridgehead atoms. The predicted molar refractivity (Wildman–Crippen MR) is 140 cm³/mol. The van der Waals surface area contributed by atoms with Crippen LogP contribution in [0.4, 0.5) is 0 Å². The Morgan fingerprint density at radius 2 is 0.812 bits per heavy atom. The van der Waals surface area contributed by atoms with Crippen molar-refractivity contribution in [1.29, 1.82) is 0 Å². The number of hydrogen-bond donors (Lipinski definition) is 1. The average Bonchev–Trinajstić information content (AvgIpc) is 2.86. The first-order valence-corrected chi connectivity index (χ1v) is 13.1. The van der Waals surface area contributed by atoms with Crippen LogP contribution in [-0.2, 0) is 6.16 Å². The zero-order chi connectivity index (χ0) is 21.8. The summed E-state index contributed by atoms with van der Waals surface area (Å²) in [6, 6.07) is 44.0. The number of halogens is 1. The molecule has 166 valence electrons. The molecule has 1 nitrogen and oxygen atoms in total. The van der Waals surface area contributed by atoms with E-state index in [1.165, 1.54) is 21.5 Å². The van der Waals surface area contributed by atoms with Crippen LogP contribution in [0.5, 0.6) is 0 Å². The van der Waals surface area contributed by atoms with Crippen LogP contribution < -0.4 is 38.2 Å². The fourth-order valence-corrected chi connectivity index (χ4v) is 8.12. The zero-order valence-corrected chi connectivity index (χ0v) is 21.5. The summed E-state index contributed by atoms with van der Waals surface area (Å²) in [5, 5.41) is 7.41. The van der Waals surface area contributed by atoms with E-state index in [9.17, 15) is 0 Å². The summed E-state index contributed by atoms with van der Waals surface area (Å²) in [6.07, 6.45) is 1.03. The van der Waals surface area contributed by atoms with E-state index in [2.05, 4.69) is 140 Å². The molecule has 0 fully saturated rings. The molecule has 0 radical (unpaired) electrons. The third-order valence-electron chi connectivity index (χ3n) is 5.35. The van der Waals surface area contributed by atoms with E-state index in [0.717, 1.165) is 19.3 Å². The van der Waals surface area contributed by atoms with Gasteiger partial charge in [-0.3, -0.25) is 0 Å². The number of nitrogens with one attached hydrogen (secondary N) is 1. The molecule has 0 aliphatic rings. The fraction of sp³-hybridized carbons (Fsp3) is 0.172. The van der Waals surface area contributed by atoms with Gasteiger partial charge in [-0.1, -0.05) is 98.8 Å². The lowest BCUT2D eigenvalue weighted by Gasteiger charge is -2.27. The minimum absolute atomic E-state index is 0. The zero-order valence-electron chi connectivity index (χ0n) is 19.0. The fourth-order valence-electron chi connectivity index (χ4n) is 3.88. The van der Waals surface area contributed by atoms with Crippen molar-refractivity contribution in [3.63, 3.8) is 0 Å². The van der Waals surface area contributed by atoms with Gasteiger partial charge in [0, 0.05) is 0 Å². The highest BCUT2D eigenvalue weighted by atomic mass is 79.9. The molecular weight excluding hydrogens is 473 g/mol. The third-order valence-corrected chi connectivity index (χ3v) is 9.73. The van der Waals surface area contributed by atoms with Gasteiger partial charge < -0.3 is 22.3 Å². The van der Waals surface area contributed by atoms with Crippen molar-refractivity contribution < 1.29 is 17.0 Å². The number of hydrogen-bond acceptors (Lipinski definition) is 1. The van der Waals surface area contributed by atoms with Gasteiger partial charge in [-0.05, 0) is 55.1 Å². The molecule has 0 saturated heterocycles. The maximum Gasteiger partial charge on any atom is 0.116 e. The molecule has 0 atom stereocenters. The molecule has 4 aromatic carbocycles. The topological polar surface area (TPSA) is 12.0 Å². The lowest BCUT2D eigenvalue weighted by molar-refractivity contribution is -0.00000630. The molecule has 4 aromatic rings. The van der Waals surface area contributed by atoms with Gasteiger partial charge in [0.25, 0.3) is 0 Å². The van der Waals surface area contributed by atoms with Crippen LogP contribution in [0.2, 0.25) is 0 Å². The molecule has 0 unspecified atom stereocenters. The molecule has 32 heavy (non-hydrogen) atoms. The first-order valence-electron chi connectivity index (χ1n) is 11.1. The Balaban J connectivity index is 0.000000548. The van der Waals surface area contributed by atoms with Crippen molar-refractivity contribution in [1.82, 2.24) is 5.32 Å². The summed E-state index contributed by atoms with van der Waals surface area (Å²) in [6.45, 7) is 6.39. The van der Waals surface area contributed by atoms with E-state index < -0.39 is 7.26 Å². The van der Waals surface area contributed by atoms with Crippen molar-refractivity contribution in [2.45, 2.75) is 20.0 Å². The molecule has 4 rings (SSSR count). The monoisotopic (exact) mass is 505 g/mol. The standard InChI is InChI=1S/C25H22P.C4H11N.BrH/c1-5-13-22(14-6-1)21-26(23-15-7-2-8-16-23,24-17-9-3-10-18-24)25-19-11-4-12-20-25;1-3-5-4-2;/h1-20H,21H2;5H,3-4H2,1-2H3;1H/q+1;;/p-1. The molecule has 0 spiro atoms. The van der Waals surface area contributed by atoms with Crippen molar-refractivity contribution in [2.24, 2.45) is 0 Å². The van der Waals surface area contributed by atoms with E-state index in [-0.39, 0.29) is 17.0 Å². The molecule has 0 heterocycles. The Morgan fingerprint density at radius 3 is 1.09 bits per heavy atom. The second kappa shape index (κ2) is 14.0. The second-order valence-corrected chi connectivity index (χ2v) is 10.9. The summed E-state index contributed by atoms with van der Waals surface area (Å²) in [7, 11) is -1.78. The van der Waals surface area contributed by atoms with Crippen LogP contribution in [-0.4, -0.2) is 13.1 Å². The highest BCUT2D eigenvalue weighted by Crippen LogP contribution is 2.58. The SMILES string of the molecule is CCNCC.[Br-].c1ccc(C[P+](c2ccccc2)(c2ccccc2)c2ccccc2)cc1. The molecule has 3 heteroatoms. The lowest BCUT2D eigenvalue weighted by Crippen LogP contribution is -3.00. The van der Waals surface area contributed by atoms with Crippen molar-refractivity contribution in [3.05, 3.63) is 127 Å². The van der Waals surface area contributed by atoms with E-state index in [1.807, 2.05) is 0 Å². The van der Waals surface area contributed by atoms with Crippen LogP contribution in [0.1, 0.15) is 19.4 Å². The van der Waals surface area contributed by atoms with Crippen LogP contribution in [0.15, 0.2) is 121 Å². The van der Waals surface area contributed by atoms with Gasteiger partial charge in [-0.2, -0.15) is 0 Å². The highest BCUT2D eigenvalue weighted by Gasteiger charge is 2.45. The first-order chi connectivity index (χ1) is 15.3. The Labute approximate surface area is 205 Å². The molecule has 0 aliphatic heterocycles. The molecular formula is C29H33BrNP. The summed E-state index contributed by atoms with van der Waals surface area (Å²) in [4.78, 5) is 0. The van der Waals surface area contributed by atoms with Gasteiger partial charge in [-0.15, -0.1) is 0 Å². The van der Waals surface area contributed by atoms with E-state index in [4.69, 9.17) is 0 Å². The lowest BCUT2D eigenvalue weighted by atomic mass is 10.2. The number of rotatable bonds is 7. The maximum atomic E-state index is 3.11. The summed E-state index contributed by atoms with van der Waals surface area (Å²) in [5.41, 5.74) is 1.39. The van der Waals surface area contributed by atoms with E-state index in [0.29, 0.717) is 0 Å². The van der Waals surface area contributed by atoms with Gasteiger partial charge in [0.15, 0.2) is 0 Å². The van der Waals surface area contributed by atoms with Crippen LogP contribution in [0.3, 0.4) is 0 Å². The molecule has 1 N–H and O–H groups in total. The largest absolute Gasteiger partial charge is 1.00 e. The Kier molecular flexibility index (Phi) is 11.4. The Bertz CT molecular complexity index is 894.